The summed E-state index contributed by atoms with van der Waals surface area (Å²) in [6.45, 7) is 3.35. The molecule has 27 heavy (non-hydrogen) atoms. The number of carbonyl (C=O) groups is 2. The average Bonchev–Trinajstić information content (AvgIpc) is 3.08. The zero-order chi connectivity index (χ0) is 19.2. The number of ether oxygens (including phenoxy) is 1. The number of benzene rings is 2. The van der Waals surface area contributed by atoms with Gasteiger partial charge in [-0.2, -0.15) is 0 Å². The predicted molar refractivity (Wildman–Crippen MR) is 101 cm³/mol. The van der Waals surface area contributed by atoms with E-state index in [4.69, 9.17) is 4.74 Å². The minimum atomic E-state index is -0.394. The van der Waals surface area contributed by atoms with Crippen molar-refractivity contribution in [2.75, 3.05) is 18.1 Å². The number of amides is 2. The number of nitrogens with one attached hydrogen (secondary N) is 1. The van der Waals surface area contributed by atoms with Crippen LogP contribution in [0.4, 0.5) is 10.1 Å². The van der Waals surface area contributed by atoms with Gasteiger partial charge in [0.15, 0.2) is 0 Å². The number of halogens is 1. The zero-order valence-electron chi connectivity index (χ0n) is 15.3. The molecule has 1 aliphatic rings. The van der Waals surface area contributed by atoms with Crippen LogP contribution in [0.3, 0.4) is 0 Å². The lowest BCUT2D eigenvalue weighted by Gasteiger charge is -2.17. The third-order valence-electron chi connectivity index (χ3n) is 4.50. The summed E-state index contributed by atoms with van der Waals surface area (Å²) < 4.78 is 18.5. The van der Waals surface area contributed by atoms with Crippen LogP contribution in [0.15, 0.2) is 48.5 Å². The van der Waals surface area contributed by atoms with Gasteiger partial charge in [0, 0.05) is 25.2 Å². The highest BCUT2D eigenvalue weighted by Gasteiger charge is 2.34. The number of rotatable bonds is 7. The molecule has 2 aromatic rings. The van der Waals surface area contributed by atoms with Crippen LogP contribution < -0.4 is 15.0 Å². The Labute approximate surface area is 158 Å². The quantitative estimate of drug-likeness (QED) is 0.814. The van der Waals surface area contributed by atoms with Crippen molar-refractivity contribution in [3.63, 3.8) is 0 Å². The van der Waals surface area contributed by atoms with E-state index in [1.165, 1.54) is 12.1 Å². The molecule has 1 N–H and O–H groups in total. The van der Waals surface area contributed by atoms with Gasteiger partial charge in [-0.05, 0) is 48.4 Å². The molecule has 1 heterocycles. The molecule has 0 radical (unpaired) electrons. The molecule has 6 heteroatoms. The van der Waals surface area contributed by atoms with Crippen LogP contribution in [0.25, 0.3) is 0 Å². The zero-order valence-corrected chi connectivity index (χ0v) is 15.3. The van der Waals surface area contributed by atoms with E-state index >= 15 is 0 Å². The Morgan fingerprint density at radius 1 is 1.19 bits per heavy atom. The van der Waals surface area contributed by atoms with E-state index in [1.54, 1.807) is 17.0 Å². The SMILES string of the molecule is CCCOc1ccc(N2C[C@H](C(=O)NCc3ccc(F)cc3)CC2=O)cc1. The summed E-state index contributed by atoms with van der Waals surface area (Å²) in [5.41, 5.74) is 1.58. The Morgan fingerprint density at radius 3 is 2.56 bits per heavy atom. The van der Waals surface area contributed by atoms with E-state index in [0.717, 1.165) is 23.4 Å². The van der Waals surface area contributed by atoms with Crippen molar-refractivity contribution in [3.8, 4) is 5.75 Å². The monoisotopic (exact) mass is 370 g/mol. The third kappa shape index (κ3) is 4.84. The van der Waals surface area contributed by atoms with Crippen molar-refractivity contribution in [3.05, 3.63) is 59.9 Å². The topological polar surface area (TPSA) is 58.6 Å². The molecule has 2 aromatic carbocycles. The molecule has 142 valence electrons. The van der Waals surface area contributed by atoms with E-state index in [-0.39, 0.29) is 24.1 Å². The van der Waals surface area contributed by atoms with Crippen molar-refractivity contribution in [1.29, 1.82) is 0 Å². The van der Waals surface area contributed by atoms with Gasteiger partial charge < -0.3 is 15.0 Å². The van der Waals surface area contributed by atoms with E-state index in [9.17, 15) is 14.0 Å². The van der Waals surface area contributed by atoms with Crippen LogP contribution in [-0.4, -0.2) is 25.0 Å². The molecule has 5 nitrogen and oxygen atoms in total. The van der Waals surface area contributed by atoms with Gasteiger partial charge in [-0.3, -0.25) is 9.59 Å². The smallest absolute Gasteiger partial charge is 0.227 e. The summed E-state index contributed by atoms with van der Waals surface area (Å²) in [6.07, 6.45) is 1.12. The normalized spacial score (nSPS) is 16.4. The lowest BCUT2D eigenvalue weighted by atomic mass is 10.1. The fourth-order valence-corrected chi connectivity index (χ4v) is 3.01. The maximum atomic E-state index is 12.9. The Morgan fingerprint density at radius 2 is 1.89 bits per heavy atom. The number of hydrogen-bond acceptors (Lipinski definition) is 3. The van der Waals surface area contributed by atoms with Crippen LogP contribution in [0.1, 0.15) is 25.3 Å². The average molecular weight is 370 g/mol. The van der Waals surface area contributed by atoms with Gasteiger partial charge in [-0.1, -0.05) is 19.1 Å². The Kier molecular flexibility index (Phi) is 6.06. The van der Waals surface area contributed by atoms with Gasteiger partial charge >= 0.3 is 0 Å². The standard InChI is InChI=1S/C21H23FN2O3/c1-2-11-27-19-9-7-18(8-10-19)24-14-16(12-20(24)25)21(26)23-13-15-3-5-17(22)6-4-15/h3-10,16H,2,11-14H2,1H3,(H,23,26)/t16-/m1/s1. The van der Waals surface area contributed by atoms with Crippen LogP contribution in [0.2, 0.25) is 0 Å². The first kappa shape index (κ1) is 18.9. The molecule has 0 spiro atoms. The Bertz CT molecular complexity index is 790. The molecule has 1 atom stereocenters. The Hall–Kier alpha value is -2.89. The third-order valence-corrected chi connectivity index (χ3v) is 4.50. The molecule has 0 aromatic heterocycles. The highest BCUT2D eigenvalue weighted by molar-refractivity contribution is 6.00. The summed E-state index contributed by atoms with van der Waals surface area (Å²) in [6, 6.07) is 13.3. The van der Waals surface area contributed by atoms with E-state index in [1.807, 2.05) is 31.2 Å². The second kappa shape index (κ2) is 8.66. The van der Waals surface area contributed by atoms with Gasteiger partial charge in [0.2, 0.25) is 11.8 Å². The molecule has 2 amide bonds. The molecular weight excluding hydrogens is 347 g/mol. The van der Waals surface area contributed by atoms with Crippen LogP contribution >= 0.6 is 0 Å². The number of carbonyl (C=O) groups excluding carboxylic acids is 2. The summed E-state index contributed by atoms with van der Waals surface area (Å²) in [5.74, 6) is -0.180. The lowest BCUT2D eigenvalue weighted by Crippen LogP contribution is -2.32. The van der Waals surface area contributed by atoms with Gasteiger partial charge in [-0.15, -0.1) is 0 Å². The van der Waals surface area contributed by atoms with Crippen molar-refractivity contribution < 1.29 is 18.7 Å². The fraction of sp³-hybridized carbons (Fsp3) is 0.333. The maximum absolute atomic E-state index is 12.9. The first-order valence-electron chi connectivity index (χ1n) is 9.12. The van der Waals surface area contributed by atoms with Crippen molar-refractivity contribution in [2.45, 2.75) is 26.3 Å². The lowest BCUT2D eigenvalue weighted by molar-refractivity contribution is -0.126. The summed E-state index contributed by atoms with van der Waals surface area (Å²) in [7, 11) is 0. The second-order valence-electron chi connectivity index (χ2n) is 6.59. The van der Waals surface area contributed by atoms with Gasteiger partial charge in [0.05, 0.1) is 12.5 Å². The molecule has 3 rings (SSSR count). The van der Waals surface area contributed by atoms with Crippen molar-refractivity contribution in [1.82, 2.24) is 5.32 Å². The van der Waals surface area contributed by atoms with E-state index < -0.39 is 5.92 Å². The van der Waals surface area contributed by atoms with Gasteiger partial charge in [-0.25, -0.2) is 4.39 Å². The minimum absolute atomic E-state index is 0.0702. The fourth-order valence-electron chi connectivity index (χ4n) is 3.01. The number of nitrogens with zero attached hydrogens (tertiary/aromatic N) is 1. The van der Waals surface area contributed by atoms with E-state index in [2.05, 4.69) is 5.32 Å². The molecular formula is C21H23FN2O3. The molecule has 1 aliphatic heterocycles. The van der Waals surface area contributed by atoms with Gasteiger partial charge in [0.1, 0.15) is 11.6 Å². The Balaban J connectivity index is 1.56. The molecule has 0 aliphatic carbocycles. The molecule has 0 saturated carbocycles. The van der Waals surface area contributed by atoms with Crippen LogP contribution in [0.5, 0.6) is 5.75 Å². The minimum Gasteiger partial charge on any atom is -0.494 e. The van der Waals surface area contributed by atoms with Crippen LogP contribution in [0, 0.1) is 11.7 Å². The van der Waals surface area contributed by atoms with Crippen LogP contribution in [-0.2, 0) is 16.1 Å². The molecule has 0 unspecified atom stereocenters. The highest BCUT2D eigenvalue weighted by Crippen LogP contribution is 2.27. The second-order valence-corrected chi connectivity index (χ2v) is 6.59. The highest BCUT2D eigenvalue weighted by atomic mass is 19.1. The van der Waals surface area contributed by atoms with Crippen molar-refractivity contribution >= 4 is 17.5 Å². The maximum Gasteiger partial charge on any atom is 0.227 e. The first-order chi connectivity index (χ1) is 13.1. The first-order valence-corrected chi connectivity index (χ1v) is 9.12. The van der Waals surface area contributed by atoms with Crippen molar-refractivity contribution in [2.24, 2.45) is 5.92 Å². The van der Waals surface area contributed by atoms with Gasteiger partial charge in [0.25, 0.3) is 0 Å². The number of anilines is 1. The largest absolute Gasteiger partial charge is 0.494 e. The summed E-state index contributed by atoms with van der Waals surface area (Å²) in [5, 5.41) is 2.82. The summed E-state index contributed by atoms with van der Waals surface area (Å²) >= 11 is 0. The summed E-state index contributed by atoms with van der Waals surface area (Å²) in [4.78, 5) is 26.4. The molecule has 0 bridgehead atoms. The van der Waals surface area contributed by atoms with E-state index in [0.29, 0.717) is 19.7 Å². The molecule has 1 saturated heterocycles. The number of hydrogen-bond donors (Lipinski definition) is 1. The molecule has 1 fully saturated rings. The predicted octanol–water partition coefficient (Wildman–Crippen LogP) is 3.28.